The molecule has 120 valence electrons. The number of nitrogens with one attached hydrogen (secondary N) is 1. The molecule has 0 aliphatic carbocycles. The molecule has 0 saturated carbocycles. The zero-order valence-electron chi connectivity index (χ0n) is 13.0. The van der Waals surface area contributed by atoms with Crippen molar-refractivity contribution in [2.75, 3.05) is 20.6 Å². The Balaban J connectivity index is 3.00. The van der Waals surface area contributed by atoms with E-state index >= 15 is 0 Å². The van der Waals surface area contributed by atoms with Crippen molar-refractivity contribution in [3.8, 4) is 0 Å². The highest BCUT2D eigenvalue weighted by Gasteiger charge is 2.21. The van der Waals surface area contributed by atoms with Crippen LogP contribution in [0.5, 0.6) is 0 Å². The van der Waals surface area contributed by atoms with E-state index in [-0.39, 0.29) is 17.5 Å². The predicted octanol–water partition coefficient (Wildman–Crippen LogP) is 1.73. The second-order valence-electron chi connectivity index (χ2n) is 5.51. The van der Waals surface area contributed by atoms with Crippen LogP contribution in [-0.2, 0) is 16.6 Å². The minimum Gasteiger partial charge on any atom is -0.326 e. The maximum Gasteiger partial charge on any atom is 0.241 e. The highest BCUT2D eigenvalue weighted by Crippen LogP contribution is 2.24. The Morgan fingerprint density at radius 1 is 1.38 bits per heavy atom. The van der Waals surface area contributed by atoms with Gasteiger partial charge in [0, 0.05) is 17.6 Å². The summed E-state index contributed by atoms with van der Waals surface area (Å²) in [5.74, 6) is 0. The summed E-state index contributed by atoms with van der Waals surface area (Å²) >= 11 is 5.99. The van der Waals surface area contributed by atoms with Crippen LogP contribution < -0.4 is 10.5 Å². The van der Waals surface area contributed by atoms with Gasteiger partial charge >= 0.3 is 0 Å². The summed E-state index contributed by atoms with van der Waals surface area (Å²) in [6.45, 7) is 4.67. The highest BCUT2D eigenvalue weighted by molar-refractivity contribution is 7.89. The van der Waals surface area contributed by atoms with Crippen molar-refractivity contribution in [3.63, 3.8) is 0 Å². The molecule has 7 heteroatoms. The van der Waals surface area contributed by atoms with Crippen molar-refractivity contribution < 1.29 is 8.42 Å². The van der Waals surface area contributed by atoms with Crippen molar-refractivity contribution >= 4 is 21.6 Å². The lowest BCUT2D eigenvalue weighted by molar-refractivity contribution is 0.379. The Labute approximate surface area is 132 Å². The van der Waals surface area contributed by atoms with Crippen molar-refractivity contribution in [2.24, 2.45) is 5.73 Å². The fourth-order valence-corrected chi connectivity index (χ4v) is 3.93. The quantitative estimate of drug-likeness (QED) is 0.796. The summed E-state index contributed by atoms with van der Waals surface area (Å²) < 4.78 is 27.7. The van der Waals surface area contributed by atoms with Gasteiger partial charge in [0.2, 0.25) is 10.0 Å². The van der Waals surface area contributed by atoms with Crippen molar-refractivity contribution in [2.45, 2.75) is 37.8 Å². The van der Waals surface area contributed by atoms with E-state index in [1.54, 1.807) is 13.0 Å². The lowest BCUT2D eigenvalue weighted by Crippen LogP contribution is -2.35. The van der Waals surface area contributed by atoms with Crippen LogP contribution in [0.4, 0.5) is 0 Å². The first-order chi connectivity index (χ1) is 9.67. The molecule has 0 aliphatic heterocycles. The molecule has 0 heterocycles. The van der Waals surface area contributed by atoms with Gasteiger partial charge in [-0.2, -0.15) is 0 Å². The third kappa shape index (κ3) is 5.23. The summed E-state index contributed by atoms with van der Waals surface area (Å²) in [6, 6.07) is 3.01. The molecule has 5 nitrogen and oxygen atoms in total. The van der Waals surface area contributed by atoms with Crippen LogP contribution in [0.15, 0.2) is 17.0 Å². The standard InChI is InChI=1S/C14H24ClN3O2S/c1-10(5-6-18(3)4)17-21(19,20)14-8-13(15)7-12(9-16)11(14)2/h7-8,10,17H,5-6,9,16H2,1-4H3. The Bertz CT molecular complexity index is 588. The predicted molar refractivity (Wildman–Crippen MR) is 87.0 cm³/mol. The Morgan fingerprint density at radius 2 is 2.00 bits per heavy atom. The fourth-order valence-electron chi connectivity index (χ4n) is 2.04. The van der Waals surface area contributed by atoms with Gasteiger partial charge in [-0.15, -0.1) is 0 Å². The summed E-state index contributed by atoms with van der Waals surface area (Å²) in [5.41, 5.74) is 7.02. The van der Waals surface area contributed by atoms with Crippen LogP contribution in [0.3, 0.4) is 0 Å². The van der Waals surface area contributed by atoms with Gasteiger partial charge in [0.15, 0.2) is 0 Å². The summed E-state index contributed by atoms with van der Waals surface area (Å²) in [4.78, 5) is 2.22. The van der Waals surface area contributed by atoms with E-state index in [0.29, 0.717) is 10.6 Å². The number of halogens is 1. The molecule has 0 bridgehead atoms. The average molecular weight is 334 g/mol. The number of hydrogen-bond donors (Lipinski definition) is 2. The maximum absolute atomic E-state index is 12.5. The molecule has 0 saturated heterocycles. The van der Waals surface area contributed by atoms with Crippen LogP contribution in [-0.4, -0.2) is 40.0 Å². The zero-order chi connectivity index (χ0) is 16.2. The number of sulfonamides is 1. The average Bonchev–Trinajstić information content (AvgIpc) is 2.38. The Hall–Kier alpha value is -0.660. The molecule has 0 aromatic heterocycles. The van der Waals surface area contributed by atoms with Gasteiger partial charge in [0.25, 0.3) is 0 Å². The van der Waals surface area contributed by atoms with Gasteiger partial charge in [-0.25, -0.2) is 13.1 Å². The zero-order valence-corrected chi connectivity index (χ0v) is 14.6. The number of hydrogen-bond acceptors (Lipinski definition) is 4. The number of nitrogens with two attached hydrogens (primary N) is 1. The third-order valence-electron chi connectivity index (χ3n) is 3.31. The van der Waals surface area contributed by atoms with Crippen LogP contribution in [0.2, 0.25) is 5.02 Å². The smallest absolute Gasteiger partial charge is 0.241 e. The molecule has 1 rings (SSSR count). The van der Waals surface area contributed by atoms with Gasteiger partial charge in [-0.05, 0) is 64.2 Å². The lowest BCUT2D eigenvalue weighted by Gasteiger charge is -2.18. The number of nitrogens with zero attached hydrogens (tertiary/aromatic N) is 1. The molecule has 0 amide bonds. The van der Waals surface area contributed by atoms with E-state index in [0.717, 1.165) is 18.5 Å². The van der Waals surface area contributed by atoms with Crippen LogP contribution in [0.25, 0.3) is 0 Å². The molecule has 0 radical (unpaired) electrons. The molecule has 1 unspecified atom stereocenters. The second kappa shape index (κ2) is 7.56. The molecule has 21 heavy (non-hydrogen) atoms. The number of rotatable bonds is 7. The summed E-state index contributed by atoms with van der Waals surface area (Å²) in [7, 11) is 0.307. The Kier molecular flexibility index (Phi) is 6.62. The van der Waals surface area contributed by atoms with Crippen molar-refractivity contribution in [3.05, 3.63) is 28.3 Å². The van der Waals surface area contributed by atoms with Gasteiger partial charge in [0.1, 0.15) is 0 Å². The third-order valence-corrected chi connectivity index (χ3v) is 5.24. The number of benzene rings is 1. The molecule has 3 N–H and O–H groups in total. The molecular weight excluding hydrogens is 310 g/mol. The fraction of sp³-hybridized carbons (Fsp3) is 0.571. The lowest BCUT2D eigenvalue weighted by atomic mass is 10.1. The van der Waals surface area contributed by atoms with E-state index in [1.807, 2.05) is 25.9 Å². The van der Waals surface area contributed by atoms with Crippen LogP contribution in [0.1, 0.15) is 24.5 Å². The van der Waals surface area contributed by atoms with Crippen molar-refractivity contribution in [1.29, 1.82) is 0 Å². The largest absolute Gasteiger partial charge is 0.326 e. The van der Waals surface area contributed by atoms with E-state index in [9.17, 15) is 8.42 Å². The molecule has 0 aliphatic rings. The van der Waals surface area contributed by atoms with Crippen molar-refractivity contribution in [1.82, 2.24) is 9.62 Å². The molecule has 1 atom stereocenters. The van der Waals surface area contributed by atoms with E-state index < -0.39 is 10.0 Å². The minimum atomic E-state index is -3.60. The first-order valence-electron chi connectivity index (χ1n) is 6.83. The highest BCUT2D eigenvalue weighted by atomic mass is 35.5. The van der Waals surface area contributed by atoms with Gasteiger partial charge < -0.3 is 10.6 Å². The minimum absolute atomic E-state index is 0.155. The first kappa shape index (κ1) is 18.4. The van der Waals surface area contributed by atoms with Crippen LogP contribution in [0, 0.1) is 6.92 Å². The summed E-state index contributed by atoms with van der Waals surface area (Å²) in [5, 5.41) is 0.377. The normalized spacial score (nSPS) is 13.7. The molecule has 0 spiro atoms. The SMILES string of the molecule is Cc1c(CN)cc(Cl)cc1S(=O)(=O)NC(C)CCN(C)C. The molecule has 0 fully saturated rings. The van der Waals surface area contributed by atoms with Crippen LogP contribution >= 0.6 is 11.6 Å². The van der Waals surface area contributed by atoms with Gasteiger partial charge in [0.05, 0.1) is 4.90 Å². The van der Waals surface area contributed by atoms with E-state index in [1.165, 1.54) is 6.07 Å². The molecular formula is C14H24ClN3O2S. The van der Waals surface area contributed by atoms with Gasteiger partial charge in [-0.1, -0.05) is 11.6 Å². The van der Waals surface area contributed by atoms with E-state index in [4.69, 9.17) is 17.3 Å². The first-order valence-corrected chi connectivity index (χ1v) is 8.69. The monoisotopic (exact) mass is 333 g/mol. The molecule has 1 aromatic carbocycles. The van der Waals surface area contributed by atoms with Gasteiger partial charge in [-0.3, -0.25) is 0 Å². The summed E-state index contributed by atoms with van der Waals surface area (Å²) in [6.07, 6.45) is 0.732. The molecule has 1 aromatic rings. The van der Waals surface area contributed by atoms with E-state index in [2.05, 4.69) is 4.72 Å². The topological polar surface area (TPSA) is 75.4 Å². The maximum atomic E-state index is 12.5. The second-order valence-corrected chi connectivity index (χ2v) is 7.63. The Morgan fingerprint density at radius 3 is 2.52 bits per heavy atom.